The molecule has 0 rings (SSSR count). The van der Waals surface area contributed by atoms with E-state index < -0.39 is 4.27 Å². The SMILES string of the molecule is CC(=O)CCC(=O)SC(O)(S)CCCCSCC[S]. The summed E-state index contributed by atoms with van der Waals surface area (Å²) in [6.45, 7) is 1.45. The zero-order valence-corrected chi connectivity index (χ0v) is 14.4. The minimum absolute atomic E-state index is 0.0181. The van der Waals surface area contributed by atoms with Crippen LogP contribution in [0.3, 0.4) is 0 Å². The maximum Gasteiger partial charge on any atom is 0.192 e. The quantitative estimate of drug-likeness (QED) is 0.343. The summed E-state index contributed by atoms with van der Waals surface area (Å²) in [5.74, 6) is 2.75. The van der Waals surface area contributed by atoms with E-state index in [1.54, 1.807) is 0 Å². The van der Waals surface area contributed by atoms with E-state index in [-0.39, 0.29) is 23.7 Å². The first-order chi connectivity index (χ1) is 8.87. The van der Waals surface area contributed by atoms with Crippen molar-refractivity contribution >= 4 is 59.7 Å². The van der Waals surface area contributed by atoms with Crippen molar-refractivity contribution in [1.82, 2.24) is 0 Å². The molecule has 1 unspecified atom stereocenters. The molecule has 0 aromatic carbocycles. The fourth-order valence-corrected chi connectivity index (χ4v) is 3.65. The van der Waals surface area contributed by atoms with E-state index in [1.165, 1.54) is 6.92 Å². The van der Waals surface area contributed by atoms with E-state index in [1.807, 2.05) is 11.8 Å². The Bertz CT molecular complexity index is 282. The Morgan fingerprint density at radius 3 is 2.53 bits per heavy atom. The highest BCUT2D eigenvalue weighted by molar-refractivity contribution is 8.21. The molecule has 1 N–H and O–H groups in total. The van der Waals surface area contributed by atoms with Gasteiger partial charge < -0.3 is 9.90 Å². The van der Waals surface area contributed by atoms with E-state index in [4.69, 9.17) is 12.6 Å². The monoisotopic (exact) mass is 341 g/mol. The molecule has 1 radical (unpaired) electrons. The lowest BCUT2D eigenvalue weighted by Crippen LogP contribution is -2.18. The van der Waals surface area contributed by atoms with Crippen molar-refractivity contribution in [2.75, 3.05) is 17.3 Å². The summed E-state index contributed by atoms with van der Waals surface area (Å²) in [7, 11) is 0. The van der Waals surface area contributed by atoms with Gasteiger partial charge >= 0.3 is 0 Å². The van der Waals surface area contributed by atoms with Crippen LogP contribution >= 0.6 is 48.8 Å². The van der Waals surface area contributed by atoms with Gasteiger partial charge in [0, 0.05) is 24.3 Å². The minimum atomic E-state index is -1.32. The largest absolute Gasteiger partial charge is 0.370 e. The molecule has 1 atom stereocenters. The van der Waals surface area contributed by atoms with Gasteiger partial charge in [0.2, 0.25) is 0 Å². The zero-order valence-electron chi connectivity index (χ0n) is 11.1. The molecule has 0 bridgehead atoms. The van der Waals surface area contributed by atoms with Crippen LogP contribution in [0.1, 0.15) is 39.0 Å². The van der Waals surface area contributed by atoms with Crippen LogP contribution in [0.5, 0.6) is 0 Å². The summed E-state index contributed by atoms with van der Waals surface area (Å²) in [6.07, 6.45) is 2.65. The molecule has 0 amide bonds. The number of carbonyl (C=O) groups excluding carboxylic acids is 2. The summed E-state index contributed by atoms with van der Waals surface area (Å²) in [5, 5.41) is 9.76. The number of thiol groups is 1. The van der Waals surface area contributed by atoms with Gasteiger partial charge in [-0.25, -0.2) is 0 Å². The predicted octanol–water partition coefficient (Wildman–Crippen LogP) is 3.29. The summed E-state index contributed by atoms with van der Waals surface area (Å²) in [6, 6.07) is 0. The Kier molecular flexibility index (Phi) is 11.8. The number of hydrogen-bond acceptors (Lipinski definition) is 6. The van der Waals surface area contributed by atoms with Gasteiger partial charge in [0.25, 0.3) is 0 Å². The second-order valence-electron chi connectivity index (χ2n) is 4.19. The van der Waals surface area contributed by atoms with E-state index in [9.17, 15) is 14.7 Å². The first-order valence-electron chi connectivity index (χ1n) is 6.19. The second-order valence-corrected chi connectivity index (χ2v) is 8.20. The lowest BCUT2D eigenvalue weighted by Gasteiger charge is -2.20. The van der Waals surface area contributed by atoms with Gasteiger partial charge in [-0.1, -0.05) is 12.6 Å². The first kappa shape index (κ1) is 19.7. The lowest BCUT2D eigenvalue weighted by atomic mass is 10.2. The third-order valence-corrected chi connectivity index (χ3v) is 5.22. The molecule has 0 aromatic rings. The molecule has 111 valence electrons. The van der Waals surface area contributed by atoms with Crippen LogP contribution in [0, 0.1) is 0 Å². The first-order valence-corrected chi connectivity index (χ1v) is 9.19. The average Bonchev–Trinajstić information content (AvgIpc) is 2.30. The topological polar surface area (TPSA) is 54.4 Å². The van der Waals surface area contributed by atoms with Crippen molar-refractivity contribution in [2.45, 2.75) is 43.3 Å². The summed E-state index contributed by atoms with van der Waals surface area (Å²) in [4.78, 5) is 22.3. The third kappa shape index (κ3) is 13.4. The van der Waals surface area contributed by atoms with Crippen LogP contribution in [0.4, 0.5) is 0 Å². The van der Waals surface area contributed by atoms with Crippen molar-refractivity contribution in [1.29, 1.82) is 0 Å². The zero-order chi connectivity index (χ0) is 14.7. The maximum atomic E-state index is 11.5. The molecule has 0 saturated carbocycles. The molecule has 7 heteroatoms. The van der Waals surface area contributed by atoms with Crippen LogP contribution < -0.4 is 0 Å². The predicted molar refractivity (Wildman–Crippen MR) is 90.1 cm³/mol. The van der Waals surface area contributed by atoms with E-state index in [2.05, 4.69) is 12.6 Å². The molecule has 0 fully saturated rings. The molecule has 0 aliphatic rings. The standard InChI is InChI=1S/C12H21O3S4/c1-10(13)4-5-11(14)19-12(15,17)6-2-3-8-18-9-7-16/h15,17H,2-9H2,1H3. The highest BCUT2D eigenvalue weighted by Crippen LogP contribution is 2.33. The van der Waals surface area contributed by atoms with Crippen LogP contribution in [0.15, 0.2) is 0 Å². The Morgan fingerprint density at radius 2 is 1.95 bits per heavy atom. The Balaban J connectivity index is 3.72. The number of hydrogen-bond donors (Lipinski definition) is 2. The fraction of sp³-hybridized carbons (Fsp3) is 0.833. The fourth-order valence-electron chi connectivity index (χ4n) is 1.28. The third-order valence-electron chi connectivity index (χ3n) is 2.23. The molecule has 3 nitrogen and oxygen atoms in total. The molecule has 0 aliphatic heterocycles. The molecule has 0 aromatic heterocycles. The number of rotatable bonds is 11. The smallest absolute Gasteiger partial charge is 0.192 e. The molecule has 0 heterocycles. The van der Waals surface area contributed by atoms with E-state index >= 15 is 0 Å². The number of aliphatic hydroxyl groups is 1. The number of unbranched alkanes of at least 4 members (excludes halogenated alkanes) is 1. The van der Waals surface area contributed by atoms with Crippen molar-refractivity contribution in [3.05, 3.63) is 0 Å². The number of carbonyl (C=O) groups is 2. The summed E-state index contributed by atoms with van der Waals surface area (Å²) >= 11 is 11.6. The van der Waals surface area contributed by atoms with Gasteiger partial charge in [-0.3, -0.25) is 4.79 Å². The van der Waals surface area contributed by atoms with Gasteiger partial charge in [0.1, 0.15) is 5.78 Å². The minimum Gasteiger partial charge on any atom is -0.370 e. The normalized spacial score (nSPS) is 14.1. The van der Waals surface area contributed by atoms with E-state index in [0.29, 0.717) is 6.42 Å². The Labute approximate surface area is 134 Å². The van der Waals surface area contributed by atoms with Gasteiger partial charge in [-0.15, -0.1) is 12.6 Å². The van der Waals surface area contributed by atoms with Crippen LogP contribution in [-0.2, 0) is 9.59 Å². The van der Waals surface area contributed by atoms with Crippen molar-refractivity contribution in [3.8, 4) is 0 Å². The van der Waals surface area contributed by atoms with Gasteiger partial charge in [-0.2, -0.15) is 11.8 Å². The van der Waals surface area contributed by atoms with Crippen molar-refractivity contribution < 1.29 is 14.7 Å². The van der Waals surface area contributed by atoms with Gasteiger partial charge in [0.15, 0.2) is 9.38 Å². The number of thioether (sulfide) groups is 2. The van der Waals surface area contributed by atoms with Gasteiger partial charge in [0.05, 0.1) is 0 Å². The van der Waals surface area contributed by atoms with Crippen molar-refractivity contribution in [3.63, 3.8) is 0 Å². The highest BCUT2D eigenvalue weighted by atomic mass is 32.2. The Hall–Kier alpha value is 0.700. The average molecular weight is 342 g/mol. The number of ketones is 1. The molecule has 0 aliphatic carbocycles. The molecule has 19 heavy (non-hydrogen) atoms. The maximum absolute atomic E-state index is 11.5. The van der Waals surface area contributed by atoms with E-state index in [0.717, 1.165) is 41.9 Å². The second kappa shape index (κ2) is 11.4. The summed E-state index contributed by atoms with van der Waals surface area (Å²) < 4.78 is -1.32. The van der Waals surface area contributed by atoms with Gasteiger partial charge in [-0.05, 0) is 43.7 Å². The van der Waals surface area contributed by atoms with Crippen LogP contribution in [0.2, 0.25) is 0 Å². The van der Waals surface area contributed by atoms with Crippen LogP contribution in [-0.4, -0.2) is 37.5 Å². The van der Waals surface area contributed by atoms with Crippen LogP contribution in [0.25, 0.3) is 0 Å². The molecular formula is C12H21O3S4. The molecule has 0 spiro atoms. The lowest BCUT2D eigenvalue weighted by molar-refractivity contribution is -0.119. The van der Waals surface area contributed by atoms with Crippen molar-refractivity contribution in [2.24, 2.45) is 0 Å². The summed E-state index contributed by atoms with van der Waals surface area (Å²) in [5.41, 5.74) is 0. The highest BCUT2D eigenvalue weighted by Gasteiger charge is 2.25. The number of Topliss-reactive ketones (excluding diaryl/α,β-unsaturated/α-hetero) is 1. The molecule has 0 saturated heterocycles. The molecular weight excluding hydrogens is 320 g/mol. The Morgan fingerprint density at radius 1 is 1.26 bits per heavy atom.